The molecule has 0 unspecified atom stereocenters. The molecule has 0 heterocycles. The molecule has 2 N–H and O–H groups in total. The van der Waals surface area contributed by atoms with E-state index >= 15 is 0 Å². The third-order valence-electron chi connectivity index (χ3n) is 3.49. The summed E-state index contributed by atoms with van der Waals surface area (Å²) in [5, 5.41) is 2.34. The van der Waals surface area contributed by atoms with Gasteiger partial charge in [0.1, 0.15) is 11.5 Å². The van der Waals surface area contributed by atoms with Crippen molar-refractivity contribution in [2.24, 2.45) is 5.73 Å². The lowest BCUT2D eigenvalue weighted by atomic mass is 10.1. The molecule has 0 radical (unpaired) electrons. The summed E-state index contributed by atoms with van der Waals surface area (Å²) in [7, 11) is 0. The van der Waals surface area contributed by atoms with Crippen molar-refractivity contribution in [3.05, 3.63) is 70.2 Å². The molecule has 3 aromatic rings. The Morgan fingerprint density at radius 2 is 1.71 bits per heavy atom. The molecule has 3 aromatic carbocycles. The van der Waals surface area contributed by atoms with Crippen molar-refractivity contribution < 1.29 is 4.74 Å². The first-order chi connectivity index (χ1) is 10.2. The van der Waals surface area contributed by atoms with Gasteiger partial charge in [-0.05, 0) is 59.2 Å². The largest absolute Gasteiger partial charge is 0.457 e. The predicted molar refractivity (Wildman–Crippen MR) is 90.8 cm³/mol. The third kappa shape index (κ3) is 3.09. The third-order valence-corrected chi connectivity index (χ3v) is 3.98. The minimum atomic E-state index is 0.516. The van der Waals surface area contributed by atoms with E-state index < -0.39 is 0 Å². The molecule has 0 atom stereocenters. The van der Waals surface area contributed by atoms with Crippen LogP contribution in [0.4, 0.5) is 0 Å². The molecule has 0 aliphatic heterocycles. The number of rotatable bonds is 3. The summed E-state index contributed by atoms with van der Waals surface area (Å²) in [6, 6.07) is 18.4. The van der Waals surface area contributed by atoms with E-state index in [9.17, 15) is 0 Å². The Morgan fingerprint density at radius 1 is 0.952 bits per heavy atom. The normalized spacial score (nSPS) is 10.8. The lowest BCUT2D eigenvalue weighted by molar-refractivity contribution is 0.479. The van der Waals surface area contributed by atoms with Gasteiger partial charge in [0.05, 0.1) is 0 Å². The monoisotopic (exact) mass is 341 g/mol. The van der Waals surface area contributed by atoms with Crippen LogP contribution in [0.3, 0.4) is 0 Å². The van der Waals surface area contributed by atoms with E-state index in [0.717, 1.165) is 32.5 Å². The van der Waals surface area contributed by atoms with Crippen LogP contribution in [0.1, 0.15) is 11.1 Å². The molecule has 0 aliphatic rings. The van der Waals surface area contributed by atoms with Crippen LogP contribution in [0.25, 0.3) is 10.8 Å². The number of hydrogen-bond donors (Lipinski definition) is 1. The Morgan fingerprint density at radius 3 is 2.52 bits per heavy atom. The van der Waals surface area contributed by atoms with E-state index in [1.165, 1.54) is 5.39 Å². The average Bonchev–Trinajstić information content (AvgIpc) is 2.49. The minimum absolute atomic E-state index is 0.516. The second-order valence-corrected chi connectivity index (χ2v) is 5.97. The lowest BCUT2D eigenvalue weighted by Crippen LogP contribution is -1.97. The van der Waals surface area contributed by atoms with Gasteiger partial charge in [0.25, 0.3) is 0 Å². The molecule has 106 valence electrons. The van der Waals surface area contributed by atoms with Gasteiger partial charge in [0.2, 0.25) is 0 Å². The summed E-state index contributed by atoms with van der Waals surface area (Å²) >= 11 is 3.49. The van der Waals surface area contributed by atoms with Crippen LogP contribution in [0.15, 0.2) is 59.1 Å². The van der Waals surface area contributed by atoms with Crippen LogP contribution in [0.2, 0.25) is 0 Å². The number of ether oxygens (including phenoxy) is 1. The van der Waals surface area contributed by atoms with E-state index in [-0.39, 0.29) is 0 Å². The zero-order valence-electron chi connectivity index (χ0n) is 11.8. The van der Waals surface area contributed by atoms with Gasteiger partial charge < -0.3 is 10.5 Å². The summed E-state index contributed by atoms with van der Waals surface area (Å²) in [5.74, 6) is 1.69. The van der Waals surface area contributed by atoms with E-state index in [1.807, 2.05) is 37.3 Å². The smallest absolute Gasteiger partial charge is 0.130 e. The highest BCUT2D eigenvalue weighted by atomic mass is 79.9. The zero-order chi connectivity index (χ0) is 14.8. The van der Waals surface area contributed by atoms with Gasteiger partial charge in [0, 0.05) is 11.0 Å². The second kappa shape index (κ2) is 5.88. The van der Waals surface area contributed by atoms with E-state index in [0.29, 0.717) is 6.54 Å². The molecule has 21 heavy (non-hydrogen) atoms. The molecule has 2 nitrogen and oxygen atoms in total. The Bertz CT molecular complexity index is 798. The molecule has 0 aromatic heterocycles. The SMILES string of the molecule is Cc1ccc(CN)cc1Oc1ccc2cc(Br)ccc2c1. The number of nitrogens with two attached hydrogens (primary N) is 1. The van der Waals surface area contributed by atoms with Crippen LogP contribution in [-0.2, 0) is 6.54 Å². The van der Waals surface area contributed by atoms with Crippen LogP contribution < -0.4 is 10.5 Å². The molecule has 0 spiro atoms. The van der Waals surface area contributed by atoms with Gasteiger partial charge in [-0.2, -0.15) is 0 Å². The fourth-order valence-electron chi connectivity index (χ4n) is 2.27. The van der Waals surface area contributed by atoms with Gasteiger partial charge in [-0.1, -0.05) is 40.2 Å². The number of hydrogen-bond acceptors (Lipinski definition) is 2. The fraction of sp³-hybridized carbons (Fsp3) is 0.111. The van der Waals surface area contributed by atoms with Gasteiger partial charge in [-0.15, -0.1) is 0 Å². The summed E-state index contributed by atoms with van der Waals surface area (Å²) in [6.07, 6.45) is 0. The van der Waals surface area contributed by atoms with Crippen LogP contribution in [0, 0.1) is 6.92 Å². The van der Waals surface area contributed by atoms with Gasteiger partial charge >= 0.3 is 0 Å². The number of benzene rings is 3. The zero-order valence-corrected chi connectivity index (χ0v) is 13.4. The average molecular weight is 342 g/mol. The van der Waals surface area contributed by atoms with Crippen molar-refractivity contribution >= 4 is 26.7 Å². The summed E-state index contributed by atoms with van der Waals surface area (Å²) < 4.78 is 7.10. The maximum atomic E-state index is 6.02. The van der Waals surface area contributed by atoms with E-state index in [1.54, 1.807) is 0 Å². The molecule has 0 bridgehead atoms. The van der Waals surface area contributed by atoms with Crippen molar-refractivity contribution in [1.29, 1.82) is 0 Å². The quantitative estimate of drug-likeness (QED) is 0.713. The predicted octanol–water partition coefficient (Wildman–Crippen LogP) is 5.16. The summed E-state index contributed by atoms with van der Waals surface area (Å²) in [5.41, 5.74) is 7.86. The molecular weight excluding hydrogens is 326 g/mol. The molecule has 0 amide bonds. The van der Waals surface area contributed by atoms with Crippen LogP contribution >= 0.6 is 15.9 Å². The summed E-state index contributed by atoms with van der Waals surface area (Å²) in [6.45, 7) is 2.55. The maximum absolute atomic E-state index is 6.02. The van der Waals surface area contributed by atoms with Crippen molar-refractivity contribution in [1.82, 2.24) is 0 Å². The molecule has 0 saturated heterocycles. The van der Waals surface area contributed by atoms with Crippen molar-refractivity contribution in [2.75, 3.05) is 0 Å². The highest BCUT2D eigenvalue weighted by Crippen LogP contribution is 2.29. The molecule has 0 saturated carbocycles. The van der Waals surface area contributed by atoms with Crippen LogP contribution in [-0.4, -0.2) is 0 Å². The summed E-state index contributed by atoms with van der Waals surface area (Å²) in [4.78, 5) is 0. The number of aryl methyl sites for hydroxylation is 1. The minimum Gasteiger partial charge on any atom is -0.457 e. The molecule has 3 rings (SSSR count). The molecule has 0 aliphatic carbocycles. The van der Waals surface area contributed by atoms with E-state index in [2.05, 4.69) is 40.2 Å². The van der Waals surface area contributed by atoms with E-state index in [4.69, 9.17) is 10.5 Å². The van der Waals surface area contributed by atoms with Crippen molar-refractivity contribution in [3.63, 3.8) is 0 Å². The first-order valence-electron chi connectivity index (χ1n) is 6.82. The number of halogens is 1. The van der Waals surface area contributed by atoms with Crippen molar-refractivity contribution in [2.45, 2.75) is 13.5 Å². The van der Waals surface area contributed by atoms with Gasteiger partial charge in [0.15, 0.2) is 0 Å². The topological polar surface area (TPSA) is 35.2 Å². The number of fused-ring (bicyclic) bond motifs is 1. The molecule has 0 fully saturated rings. The first kappa shape index (κ1) is 14.1. The Hall–Kier alpha value is -1.84. The fourth-order valence-corrected chi connectivity index (χ4v) is 2.65. The molecular formula is C18H16BrNO. The lowest BCUT2D eigenvalue weighted by Gasteiger charge is -2.11. The standard InChI is InChI=1S/C18H16BrNO/c1-12-2-3-13(11-20)8-18(12)21-17-7-5-14-9-16(19)6-4-15(14)10-17/h2-10H,11,20H2,1H3. The van der Waals surface area contributed by atoms with Gasteiger partial charge in [-0.25, -0.2) is 0 Å². The maximum Gasteiger partial charge on any atom is 0.130 e. The highest BCUT2D eigenvalue weighted by molar-refractivity contribution is 9.10. The van der Waals surface area contributed by atoms with Gasteiger partial charge in [-0.3, -0.25) is 0 Å². The molecule has 3 heteroatoms. The Labute approximate surface area is 132 Å². The highest BCUT2D eigenvalue weighted by Gasteiger charge is 2.04. The Kier molecular flexibility index (Phi) is 3.95. The first-order valence-corrected chi connectivity index (χ1v) is 7.62. The van der Waals surface area contributed by atoms with Crippen molar-refractivity contribution in [3.8, 4) is 11.5 Å². The van der Waals surface area contributed by atoms with Crippen LogP contribution in [0.5, 0.6) is 11.5 Å². The Balaban J connectivity index is 1.96. The second-order valence-electron chi connectivity index (χ2n) is 5.06.